The summed E-state index contributed by atoms with van der Waals surface area (Å²) in [7, 11) is 0. The number of benzene rings is 1. The van der Waals surface area contributed by atoms with E-state index in [-0.39, 0.29) is 11.9 Å². The molecule has 0 aromatic heterocycles. The molecule has 1 saturated heterocycles. The number of rotatable bonds is 4. The maximum atomic E-state index is 12.4. The lowest BCUT2D eigenvalue weighted by molar-refractivity contribution is -0.140. The van der Waals surface area contributed by atoms with Crippen LogP contribution in [-0.4, -0.2) is 48.8 Å². The highest BCUT2D eigenvalue weighted by Gasteiger charge is 2.27. The summed E-state index contributed by atoms with van der Waals surface area (Å²) in [5, 5.41) is 3.28. The van der Waals surface area contributed by atoms with Crippen LogP contribution in [0.25, 0.3) is 0 Å². The zero-order chi connectivity index (χ0) is 14.5. The van der Waals surface area contributed by atoms with Gasteiger partial charge in [-0.15, -0.1) is 11.8 Å². The summed E-state index contributed by atoms with van der Waals surface area (Å²) in [6.45, 7) is 6.33. The second-order valence-corrected chi connectivity index (χ2v) is 5.90. The van der Waals surface area contributed by atoms with Gasteiger partial charge in [-0.3, -0.25) is 4.79 Å². The number of nitrogens with one attached hydrogen (secondary N) is 1. The number of nitrogens with zero attached hydrogens (tertiary/aromatic N) is 1. The number of hydrogen-bond donors (Lipinski definition) is 1. The number of piperazine rings is 1. The second-order valence-electron chi connectivity index (χ2n) is 5.02. The number of ether oxygens (including phenoxy) is 1. The predicted molar refractivity (Wildman–Crippen MR) is 82.4 cm³/mol. The normalized spacial score (nSPS) is 20.6. The van der Waals surface area contributed by atoms with Crippen molar-refractivity contribution < 1.29 is 9.53 Å². The Labute approximate surface area is 124 Å². The smallest absolute Gasteiger partial charge is 0.263 e. The SMILES string of the molecule is CSc1ccc(OC(C)C(=O)N2CCNC[C@H]2C)cc1. The molecule has 1 fully saturated rings. The van der Waals surface area contributed by atoms with Crippen molar-refractivity contribution in [2.75, 3.05) is 25.9 Å². The third-order valence-electron chi connectivity index (χ3n) is 3.50. The fourth-order valence-electron chi connectivity index (χ4n) is 2.31. The molecule has 0 radical (unpaired) electrons. The summed E-state index contributed by atoms with van der Waals surface area (Å²) in [4.78, 5) is 15.5. The molecular formula is C15H22N2O2S. The summed E-state index contributed by atoms with van der Waals surface area (Å²) in [5.41, 5.74) is 0. The molecule has 4 nitrogen and oxygen atoms in total. The Morgan fingerprint density at radius 3 is 2.75 bits per heavy atom. The van der Waals surface area contributed by atoms with Crippen LogP contribution in [0.4, 0.5) is 0 Å². The molecule has 20 heavy (non-hydrogen) atoms. The molecule has 110 valence electrons. The Kier molecular flexibility index (Phi) is 5.31. The van der Waals surface area contributed by atoms with Crippen molar-refractivity contribution in [3.8, 4) is 5.75 Å². The second kappa shape index (κ2) is 6.99. The van der Waals surface area contributed by atoms with Crippen molar-refractivity contribution >= 4 is 17.7 Å². The number of amides is 1. The average Bonchev–Trinajstić information content (AvgIpc) is 2.48. The fourth-order valence-corrected chi connectivity index (χ4v) is 2.72. The average molecular weight is 294 g/mol. The molecule has 1 N–H and O–H groups in total. The van der Waals surface area contributed by atoms with E-state index < -0.39 is 6.10 Å². The van der Waals surface area contributed by atoms with Crippen LogP contribution in [0.5, 0.6) is 5.75 Å². The summed E-state index contributed by atoms with van der Waals surface area (Å²) >= 11 is 1.69. The monoisotopic (exact) mass is 294 g/mol. The van der Waals surface area contributed by atoms with E-state index in [1.165, 1.54) is 4.90 Å². The molecule has 1 aromatic rings. The van der Waals surface area contributed by atoms with E-state index in [9.17, 15) is 4.79 Å². The molecule has 0 spiro atoms. The molecule has 0 aliphatic carbocycles. The number of carbonyl (C=O) groups is 1. The third-order valence-corrected chi connectivity index (χ3v) is 4.25. The highest BCUT2D eigenvalue weighted by molar-refractivity contribution is 7.98. The van der Waals surface area contributed by atoms with E-state index in [0.29, 0.717) is 0 Å². The molecule has 1 aliphatic rings. The zero-order valence-corrected chi connectivity index (χ0v) is 13.1. The van der Waals surface area contributed by atoms with Crippen LogP contribution in [0.15, 0.2) is 29.2 Å². The van der Waals surface area contributed by atoms with Crippen LogP contribution in [0.3, 0.4) is 0 Å². The molecule has 0 saturated carbocycles. The first-order valence-corrected chi connectivity index (χ1v) is 8.16. The summed E-state index contributed by atoms with van der Waals surface area (Å²) in [6.07, 6.45) is 1.59. The molecule has 1 heterocycles. The lowest BCUT2D eigenvalue weighted by Gasteiger charge is -2.35. The Morgan fingerprint density at radius 2 is 2.15 bits per heavy atom. The van der Waals surface area contributed by atoms with Crippen molar-refractivity contribution in [2.24, 2.45) is 0 Å². The Morgan fingerprint density at radius 1 is 1.45 bits per heavy atom. The predicted octanol–water partition coefficient (Wildman–Crippen LogP) is 2.00. The summed E-state index contributed by atoms with van der Waals surface area (Å²) < 4.78 is 5.76. The molecule has 1 unspecified atom stereocenters. The van der Waals surface area contributed by atoms with Gasteiger partial charge in [0.2, 0.25) is 0 Å². The van der Waals surface area contributed by atoms with E-state index in [1.54, 1.807) is 11.8 Å². The third kappa shape index (κ3) is 3.67. The highest BCUT2D eigenvalue weighted by Crippen LogP contribution is 2.20. The molecule has 2 rings (SSSR count). The molecule has 1 aliphatic heterocycles. The molecular weight excluding hydrogens is 272 g/mol. The minimum absolute atomic E-state index is 0.0629. The van der Waals surface area contributed by atoms with Gasteiger partial charge in [-0.05, 0) is 44.4 Å². The maximum Gasteiger partial charge on any atom is 0.263 e. The van der Waals surface area contributed by atoms with Crippen molar-refractivity contribution in [1.29, 1.82) is 0 Å². The van der Waals surface area contributed by atoms with Crippen molar-refractivity contribution in [2.45, 2.75) is 30.9 Å². The lowest BCUT2D eigenvalue weighted by Crippen LogP contribution is -2.55. The van der Waals surface area contributed by atoms with Gasteiger partial charge in [0, 0.05) is 30.6 Å². The molecule has 1 amide bonds. The van der Waals surface area contributed by atoms with Crippen molar-refractivity contribution in [1.82, 2.24) is 10.2 Å². The Balaban J connectivity index is 1.95. The quantitative estimate of drug-likeness (QED) is 0.863. The van der Waals surface area contributed by atoms with Gasteiger partial charge in [-0.25, -0.2) is 0 Å². The van der Waals surface area contributed by atoms with Crippen LogP contribution in [-0.2, 0) is 4.79 Å². The standard InChI is InChI=1S/C15H22N2O2S/c1-11-10-16-8-9-17(11)15(18)12(2)19-13-4-6-14(20-3)7-5-13/h4-7,11-12,16H,8-10H2,1-3H3/t11-,12?/m1/s1. The fraction of sp³-hybridized carbons (Fsp3) is 0.533. The Hall–Kier alpha value is -1.20. The van der Waals surface area contributed by atoms with Crippen LogP contribution in [0.1, 0.15) is 13.8 Å². The largest absolute Gasteiger partial charge is 0.481 e. The van der Waals surface area contributed by atoms with E-state index in [1.807, 2.05) is 42.3 Å². The van der Waals surface area contributed by atoms with E-state index in [0.717, 1.165) is 25.4 Å². The number of carbonyl (C=O) groups excluding carboxylic acids is 1. The van der Waals surface area contributed by atoms with Crippen LogP contribution < -0.4 is 10.1 Å². The van der Waals surface area contributed by atoms with E-state index in [2.05, 4.69) is 12.2 Å². The highest BCUT2D eigenvalue weighted by atomic mass is 32.2. The zero-order valence-electron chi connectivity index (χ0n) is 12.3. The summed E-state index contributed by atoms with van der Waals surface area (Å²) in [5.74, 6) is 0.805. The van der Waals surface area contributed by atoms with E-state index >= 15 is 0 Å². The van der Waals surface area contributed by atoms with Gasteiger partial charge >= 0.3 is 0 Å². The van der Waals surface area contributed by atoms with Gasteiger partial charge in [0.15, 0.2) is 6.10 Å². The molecule has 5 heteroatoms. The molecule has 0 bridgehead atoms. The van der Waals surface area contributed by atoms with Gasteiger partial charge in [0.25, 0.3) is 5.91 Å². The van der Waals surface area contributed by atoms with Crippen LogP contribution in [0.2, 0.25) is 0 Å². The maximum absolute atomic E-state index is 12.4. The van der Waals surface area contributed by atoms with Gasteiger partial charge in [-0.1, -0.05) is 0 Å². The van der Waals surface area contributed by atoms with Gasteiger partial charge in [-0.2, -0.15) is 0 Å². The minimum atomic E-state index is -0.448. The van der Waals surface area contributed by atoms with Gasteiger partial charge in [0.05, 0.1) is 0 Å². The summed E-state index contributed by atoms with van der Waals surface area (Å²) in [6, 6.07) is 8.06. The van der Waals surface area contributed by atoms with E-state index in [4.69, 9.17) is 4.74 Å². The van der Waals surface area contributed by atoms with Gasteiger partial charge < -0.3 is 15.0 Å². The Bertz CT molecular complexity index is 450. The first-order chi connectivity index (χ1) is 9.61. The number of hydrogen-bond acceptors (Lipinski definition) is 4. The minimum Gasteiger partial charge on any atom is -0.481 e. The lowest BCUT2D eigenvalue weighted by atomic mass is 10.2. The topological polar surface area (TPSA) is 41.6 Å². The van der Waals surface area contributed by atoms with Crippen molar-refractivity contribution in [3.05, 3.63) is 24.3 Å². The first-order valence-electron chi connectivity index (χ1n) is 6.93. The number of thioether (sulfide) groups is 1. The molecule has 2 atom stereocenters. The van der Waals surface area contributed by atoms with Crippen molar-refractivity contribution in [3.63, 3.8) is 0 Å². The van der Waals surface area contributed by atoms with Crippen LogP contribution in [0, 0.1) is 0 Å². The molecule has 1 aromatic carbocycles. The first kappa shape index (κ1) is 15.2. The van der Waals surface area contributed by atoms with Crippen LogP contribution >= 0.6 is 11.8 Å². The van der Waals surface area contributed by atoms with Gasteiger partial charge in [0.1, 0.15) is 5.75 Å².